The van der Waals surface area contributed by atoms with E-state index in [9.17, 15) is 4.79 Å². The number of hydrogen-bond donors (Lipinski definition) is 2. The minimum absolute atomic E-state index is 0. The third-order valence-electron chi connectivity index (χ3n) is 3.69. The minimum atomic E-state index is -0.216. The van der Waals surface area contributed by atoms with Gasteiger partial charge < -0.3 is 11.1 Å². The standard InChI is InChI=1S/C14H16N4O.ClH/c15-14(5-2-6-14)9-18-13(19)10-3-1-4-11-12(10)17-8-7-16-11;/h1,3-4,7-8H,2,5-6,9,15H2,(H,18,19);1H. The number of carbonyl (C=O) groups is 1. The van der Waals surface area contributed by atoms with Gasteiger partial charge in [0.15, 0.2) is 0 Å². The van der Waals surface area contributed by atoms with E-state index in [0.717, 1.165) is 24.8 Å². The van der Waals surface area contributed by atoms with Crippen molar-refractivity contribution in [2.75, 3.05) is 6.54 Å². The second kappa shape index (κ2) is 5.73. The molecule has 1 fully saturated rings. The van der Waals surface area contributed by atoms with Gasteiger partial charge in [-0.3, -0.25) is 14.8 Å². The molecule has 0 aliphatic heterocycles. The Morgan fingerprint density at radius 1 is 1.30 bits per heavy atom. The fourth-order valence-corrected chi connectivity index (χ4v) is 2.34. The summed E-state index contributed by atoms with van der Waals surface area (Å²) >= 11 is 0. The van der Waals surface area contributed by atoms with Gasteiger partial charge in [0, 0.05) is 24.5 Å². The van der Waals surface area contributed by atoms with E-state index in [2.05, 4.69) is 15.3 Å². The highest BCUT2D eigenvalue weighted by atomic mass is 35.5. The summed E-state index contributed by atoms with van der Waals surface area (Å²) in [7, 11) is 0. The first-order valence-electron chi connectivity index (χ1n) is 6.45. The Kier molecular flexibility index (Phi) is 4.20. The van der Waals surface area contributed by atoms with Crippen molar-refractivity contribution in [1.29, 1.82) is 0 Å². The molecule has 1 heterocycles. The van der Waals surface area contributed by atoms with Gasteiger partial charge in [0.1, 0.15) is 5.52 Å². The summed E-state index contributed by atoms with van der Waals surface area (Å²) in [5, 5.41) is 2.90. The first-order valence-corrected chi connectivity index (χ1v) is 6.45. The van der Waals surface area contributed by atoms with Crippen molar-refractivity contribution in [3.05, 3.63) is 36.2 Å². The number of rotatable bonds is 3. The van der Waals surface area contributed by atoms with Crippen molar-refractivity contribution in [2.24, 2.45) is 5.73 Å². The number of amides is 1. The smallest absolute Gasteiger partial charge is 0.253 e. The van der Waals surface area contributed by atoms with Crippen LogP contribution in [0.3, 0.4) is 0 Å². The molecule has 6 heteroatoms. The van der Waals surface area contributed by atoms with E-state index in [1.807, 2.05) is 12.1 Å². The topological polar surface area (TPSA) is 80.9 Å². The normalized spacial score (nSPS) is 16.1. The maximum atomic E-state index is 12.2. The number of fused-ring (bicyclic) bond motifs is 1. The Morgan fingerprint density at radius 3 is 2.75 bits per heavy atom. The molecule has 1 aliphatic rings. The number of aromatic nitrogens is 2. The summed E-state index contributed by atoms with van der Waals surface area (Å²) in [4.78, 5) is 20.6. The lowest BCUT2D eigenvalue weighted by molar-refractivity contribution is 0.0931. The van der Waals surface area contributed by atoms with E-state index < -0.39 is 0 Å². The molecule has 0 radical (unpaired) electrons. The lowest BCUT2D eigenvalue weighted by Crippen LogP contribution is -2.54. The van der Waals surface area contributed by atoms with Crippen LogP contribution in [-0.2, 0) is 0 Å². The molecule has 1 aliphatic carbocycles. The van der Waals surface area contributed by atoms with Crippen molar-refractivity contribution < 1.29 is 4.79 Å². The highest BCUT2D eigenvalue weighted by Crippen LogP contribution is 2.28. The summed E-state index contributed by atoms with van der Waals surface area (Å²) < 4.78 is 0. The van der Waals surface area contributed by atoms with Crippen LogP contribution in [0.1, 0.15) is 29.6 Å². The Bertz CT molecular complexity index is 622. The maximum Gasteiger partial charge on any atom is 0.253 e. The van der Waals surface area contributed by atoms with Gasteiger partial charge in [0.25, 0.3) is 5.91 Å². The fraction of sp³-hybridized carbons (Fsp3) is 0.357. The minimum Gasteiger partial charge on any atom is -0.350 e. The molecule has 106 valence electrons. The van der Waals surface area contributed by atoms with E-state index >= 15 is 0 Å². The molecule has 1 aromatic heterocycles. The Balaban J connectivity index is 0.00000147. The van der Waals surface area contributed by atoms with E-state index in [1.54, 1.807) is 18.5 Å². The highest BCUT2D eigenvalue weighted by Gasteiger charge is 2.32. The summed E-state index contributed by atoms with van der Waals surface area (Å²) in [5.74, 6) is -0.136. The lowest BCUT2D eigenvalue weighted by atomic mass is 9.78. The molecule has 0 saturated heterocycles. The molecule has 1 aromatic carbocycles. The second-order valence-corrected chi connectivity index (χ2v) is 5.13. The summed E-state index contributed by atoms with van der Waals surface area (Å²) in [6.45, 7) is 0.516. The SMILES string of the molecule is Cl.NC1(CNC(=O)c2cccc3nccnc23)CCC1. The maximum absolute atomic E-state index is 12.2. The first kappa shape index (κ1) is 14.7. The van der Waals surface area contributed by atoms with Gasteiger partial charge in [-0.1, -0.05) is 6.07 Å². The molecule has 2 aromatic rings. The third-order valence-corrected chi connectivity index (χ3v) is 3.69. The summed E-state index contributed by atoms with van der Waals surface area (Å²) in [6.07, 6.45) is 6.31. The number of nitrogens with two attached hydrogens (primary N) is 1. The van der Waals surface area contributed by atoms with Gasteiger partial charge in [-0.25, -0.2) is 0 Å². The van der Waals surface area contributed by atoms with Crippen LogP contribution < -0.4 is 11.1 Å². The van der Waals surface area contributed by atoms with Gasteiger partial charge in [0.05, 0.1) is 11.1 Å². The number of nitrogens with one attached hydrogen (secondary N) is 1. The fourth-order valence-electron chi connectivity index (χ4n) is 2.34. The molecular formula is C14H17ClN4O. The Labute approximate surface area is 123 Å². The van der Waals surface area contributed by atoms with Crippen LogP contribution >= 0.6 is 12.4 Å². The van der Waals surface area contributed by atoms with Crippen LogP contribution in [0.2, 0.25) is 0 Å². The Morgan fingerprint density at radius 2 is 2.05 bits per heavy atom. The van der Waals surface area contributed by atoms with E-state index in [0.29, 0.717) is 17.6 Å². The van der Waals surface area contributed by atoms with Crippen molar-refractivity contribution in [3.8, 4) is 0 Å². The van der Waals surface area contributed by atoms with E-state index in [1.165, 1.54) is 0 Å². The number of hydrogen-bond acceptors (Lipinski definition) is 4. The van der Waals surface area contributed by atoms with Crippen LogP contribution in [0.5, 0.6) is 0 Å². The Hall–Kier alpha value is -1.72. The molecule has 3 rings (SSSR count). The zero-order chi connectivity index (χ0) is 13.3. The number of nitrogens with zero attached hydrogens (tertiary/aromatic N) is 2. The molecular weight excluding hydrogens is 276 g/mol. The predicted octanol–water partition coefficient (Wildman–Crippen LogP) is 1.66. The van der Waals surface area contributed by atoms with Gasteiger partial charge in [-0.05, 0) is 31.4 Å². The molecule has 0 atom stereocenters. The van der Waals surface area contributed by atoms with E-state index in [-0.39, 0.29) is 23.9 Å². The lowest BCUT2D eigenvalue weighted by Gasteiger charge is -2.38. The van der Waals surface area contributed by atoms with Gasteiger partial charge in [-0.15, -0.1) is 12.4 Å². The van der Waals surface area contributed by atoms with Crippen LogP contribution in [0.25, 0.3) is 11.0 Å². The number of para-hydroxylation sites is 1. The molecule has 20 heavy (non-hydrogen) atoms. The van der Waals surface area contributed by atoms with E-state index in [4.69, 9.17) is 5.73 Å². The van der Waals surface area contributed by atoms with Crippen LogP contribution in [0.4, 0.5) is 0 Å². The summed E-state index contributed by atoms with van der Waals surface area (Å²) in [6, 6.07) is 5.42. The molecule has 1 amide bonds. The number of halogens is 1. The second-order valence-electron chi connectivity index (χ2n) is 5.13. The molecule has 1 saturated carbocycles. The van der Waals surface area contributed by atoms with Crippen molar-refractivity contribution in [3.63, 3.8) is 0 Å². The van der Waals surface area contributed by atoms with Crippen molar-refractivity contribution in [1.82, 2.24) is 15.3 Å². The third kappa shape index (κ3) is 2.73. The molecule has 0 spiro atoms. The summed E-state index contributed by atoms with van der Waals surface area (Å²) in [5.41, 5.74) is 7.78. The van der Waals surface area contributed by atoms with Gasteiger partial charge >= 0.3 is 0 Å². The molecule has 0 bridgehead atoms. The van der Waals surface area contributed by atoms with Crippen LogP contribution in [0, 0.1) is 0 Å². The molecule has 0 unspecified atom stereocenters. The number of carbonyl (C=O) groups excluding carboxylic acids is 1. The number of benzene rings is 1. The quantitative estimate of drug-likeness (QED) is 0.901. The zero-order valence-corrected chi connectivity index (χ0v) is 11.8. The first-order chi connectivity index (χ1) is 9.18. The van der Waals surface area contributed by atoms with Crippen LogP contribution in [-0.4, -0.2) is 28.0 Å². The van der Waals surface area contributed by atoms with Gasteiger partial charge in [-0.2, -0.15) is 0 Å². The predicted molar refractivity (Wildman–Crippen MR) is 79.9 cm³/mol. The highest BCUT2D eigenvalue weighted by molar-refractivity contribution is 6.04. The van der Waals surface area contributed by atoms with Crippen LogP contribution in [0.15, 0.2) is 30.6 Å². The zero-order valence-electron chi connectivity index (χ0n) is 11.0. The average Bonchev–Trinajstić information content (AvgIpc) is 2.42. The largest absolute Gasteiger partial charge is 0.350 e. The van der Waals surface area contributed by atoms with Crippen molar-refractivity contribution >= 4 is 29.3 Å². The monoisotopic (exact) mass is 292 g/mol. The molecule has 3 N–H and O–H groups in total. The molecule has 5 nitrogen and oxygen atoms in total. The van der Waals surface area contributed by atoms with Gasteiger partial charge in [0.2, 0.25) is 0 Å². The average molecular weight is 293 g/mol. The van der Waals surface area contributed by atoms with Crippen molar-refractivity contribution in [2.45, 2.75) is 24.8 Å².